The number of methoxy groups -OCH3 is 1. The van der Waals surface area contributed by atoms with Crippen molar-refractivity contribution in [1.29, 1.82) is 0 Å². The van der Waals surface area contributed by atoms with Gasteiger partial charge in [0.25, 0.3) is 5.69 Å². The van der Waals surface area contributed by atoms with E-state index in [4.69, 9.17) is 32.7 Å². The third-order valence-electron chi connectivity index (χ3n) is 2.96. The Morgan fingerprint density at radius 1 is 1.17 bits per heavy atom. The normalized spacial score (nSPS) is 10.2. The van der Waals surface area contributed by atoms with E-state index < -0.39 is 10.9 Å². The van der Waals surface area contributed by atoms with Crippen molar-refractivity contribution in [2.75, 3.05) is 7.11 Å². The van der Waals surface area contributed by atoms with Crippen molar-refractivity contribution in [1.82, 2.24) is 0 Å². The van der Waals surface area contributed by atoms with Crippen LogP contribution in [0.2, 0.25) is 10.0 Å². The molecule has 0 atom stereocenters. The van der Waals surface area contributed by atoms with E-state index in [9.17, 15) is 14.9 Å². The van der Waals surface area contributed by atoms with Crippen LogP contribution in [0.4, 0.5) is 5.69 Å². The van der Waals surface area contributed by atoms with Crippen LogP contribution in [0.25, 0.3) is 0 Å². The number of nitrogens with zero attached hydrogens (tertiary/aromatic N) is 1. The number of carbonyl (C=O) groups is 1. The number of non-ortho nitro benzene ring substituents is 1. The van der Waals surface area contributed by atoms with Gasteiger partial charge in [0.15, 0.2) is 11.5 Å². The largest absolute Gasteiger partial charge is 0.493 e. The third-order valence-corrected chi connectivity index (χ3v) is 3.67. The highest BCUT2D eigenvalue weighted by Crippen LogP contribution is 2.32. The molecule has 0 aliphatic heterocycles. The number of rotatable bonds is 5. The van der Waals surface area contributed by atoms with Crippen LogP contribution < -0.4 is 9.47 Å². The lowest BCUT2D eigenvalue weighted by atomic mass is 10.1. The predicted molar refractivity (Wildman–Crippen MR) is 85.4 cm³/mol. The highest BCUT2D eigenvalue weighted by Gasteiger charge is 2.17. The molecule has 0 fully saturated rings. The summed E-state index contributed by atoms with van der Waals surface area (Å²) in [4.78, 5) is 22.3. The van der Waals surface area contributed by atoms with E-state index in [1.54, 1.807) is 18.2 Å². The van der Waals surface area contributed by atoms with Crippen LogP contribution in [0.15, 0.2) is 36.4 Å². The Morgan fingerprint density at radius 2 is 1.83 bits per heavy atom. The van der Waals surface area contributed by atoms with Crippen molar-refractivity contribution >= 4 is 34.9 Å². The van der Waals surface area contributed by atoms with Crippen molar-refractivity contribution in [2.45, 2.75) is 6.42 Å². The van der Waals surface area contributed by atoms with Crippen molar-refractivity contribution in [2.24, 2.45) is 0 Å². The van der Waals surface area contributed by atoms with Gasteiger partial charge in [-0.15, -0.1) is 0 Å². The Balaban J connectivity index is 2.23. The molecule has 0 aliphatic carbocycles. The van der Waals surface area contributed by atoms with Gasteiger partial charge in [-0.25, -0.2) is 0 Å². The van der Waals surface area contributed by atoms with Crippen molar-refractivity contribution < 1.29 is 19.2 Å². The molecule has 0 aromatic heterocycles. The van der Waals surface area contributed by atoms with Gasteiger partial charge >= 0.3 is 5.97 Å². The standard InChI is InChI=1S/C15H11Cl2NO5/c1-22-13-6-5-9(18(20)21)7-14(13)23-15(19)8-10-11(16)3-2-4-12(10)17/h2-7H,8H2,1H3. The number of esters is 1. The van der Waals surface area contributed by atoms with E-state index in [2.05, 4.69) is 0 Å². The van der Waals surface area contributed by atoms with Gasteiger partial charge in [0.1, 0.15) is 0 Å². The van der Waals surface area contributed by atoms with Gasteiger partial charge in [0.2, 0.25) is 0 Å². The molecular weight excluding hydrogens is 345 g/mol. The van der Waals surface area contributed by atoms with E-state index >= 15 is 0 Å². The summed E-state index contributed by atoms with van der Waals surface area (Å²) in [5.74, 6) is -0.511. The number of nitro groups is 1. The van der Waals surface area contributed by atoms with Gasteiger partial charge < -0.3 is 9.47 Å². The summed E-state index contributed by atoms with van der Waals surface area (Å²) in [6, 6.07) is 8.58. The lowest BCUT2D eigenvalue weighted by Gasteiger charge is -2.10. The monoisotopic (exact) mass is 355 g/mol. The Labute approximate surface area is 141 Å². The van der Waals surface area contributed by atoms with Crippen molar-refractivity contribution in [3.8, 4) is 11.5 Å². The van der Waals surface area contributed by atoms with E-state index in [0.29, 0.717) is 15.6 Å². The fourth-order valence-corrected chi connectivity index (χ4v) is 2.39. The molecule has 0 unspecified atom stereocenters. The first-order chi connectivity index (χ1) is 10.9. The molecule has 6 nitrogen and oxygen atoms in total. The van der Waals surface area contributed by atoms with Crippen LogP contribution in [-0.2, 0) is 11.2 Å². The van der Waals surface area contributed by atoms with Gasteiger partial charge in [0.05, 0.1) is 24.5 Å². The smallest absolute Gasteiger partial charge is 0.315 e. The van der Waals surface area contributed by atoms with Gasteiger partial charge in [-0.3, -0.25) is 14.9 Å². The second-order valence-corrected chi connectivity index (χ2v) is 5.26. The molecular formula is C15H11Cl2NO5. The Bertz CT molecular complexity index is 743. The fraction of sp³-hybridized carbons (Fsp3) is 0.133. The number of nitro benzene ring substituents is 1. The summed E-state index contributed by atoms with van der Waals surface area (Å²) in [7, 11) is 1.36. The average Bonchev–Trinajstić information content (AvgIpc) is 2.51. The third kappa shape index (κ3) is 4.12. The maximum absolute atomic E-state index is 12.1. The van der Waals surface area contributed by atoms with Crippen LogP contribution in [0, 0.1) is 10.1 Å². The van der Waals surface area contributed by atoms with Gasteiger partial charge in [-0.2, -0.15) is 0 Å². The van der Waals surface area contributed by atoms with Crippen molar-refractivity contribution in [3.63, 3.8) is 0 Å². The maximum Gasteiger partial charge on any atom is 0.315 e. The number of carbonyl (C=O) groups excluding carboxylic acids is 1. The maximum atomic E-state index is 12.1. The average molecular weight is 356 g/mol. The van der Waals surface area contributed by atoms with Crippen LogP contribution in [0.5, 0.6) is 11.5 Å². The zero-order chi connectivity index (χ0) is 17.0. The van der Waals surface area contributed by atoms with Crippen LogP contribution in [-0.4, -0.2) is 18.0 Å². The van der Waals surface area contributed by atoms with E-state index in [1.165, 1.54) is 19.2 Å². The molecule has 0 N–H and O–H groups in total. The first-order valence-electron chi connectivity index (χ1n) is 6.38. The molecule has 0 radical (unpaired) electrons. The summed E-state index contributed by atoms with van der Waals surface area (Å²) < 4.78 is 10.2. The molecule has 0 heterocycles. The van der Waals surface area contributed by atoms with Crippen LogP contribution >= 0.6 is 23.2 Å². The topological polar surface area (TPSA) is 78.7 Å². The minimum Gasteiger partial charge on any atom is -0.493 e. The number of hydrogen-bond donors (Lipinski definition) is 0. The summed E-state index contributed by atoms with van der Waals surface area (Å²) in [6.07, 6.45) is -0.176. The fourth-order valence-electron chi connectivity index (χ4n) is 1.86. The minimum absolute atomic E-state index is 0.0464. The van der Waals surface area contributed by atoms with Crippen LogP contribution in [0.1, 0.15) is 5.56 Å². The first-order valence-corrected chi connectivity index (χ1v) is 7.14. The number of benzene rings is 2. The predicted octanol–water partition coefficient (Wildman–Crippen LogP) is 4.06. The molecule has 2 rings (SSSR count). The molecule has 2 aromatic carbocycles. The number of hydrogen-bond acceptors (Lipinski definition) is 5. The van der Waals surface area contributed by atoms with Crippen molar-refractivity contribution in [3.05, 3.63) is 62.1 Å². The zero-order valence-electron chi connectivity index (χ0n) is 11.9. The number of ether oxygens (including phenoxy) is 2. The summed E-state index contributed by atoms with van der Waals surface area (Å²) in [6.45, 7) is 0. The van der Waals surface area contributed by atoms with Gasteiger partial charge in [-0.05, 0) is 18.2 Å². The molecule has 0 aliphatic rings. The second kappa shape index (κ2) is 7.30. The SMILES string of the molecule is COc1ccc([N+](=O)[O-])cc1OC(=O)Cc1c(Cl)cccc1Cl. The summed E-state index contributed by atoms with van der Waals surface area (Å²) >= 11 is 12.0. The van der Waals surface area contributed by atoms with E-state index in [1.807, 2.05) is 0 Å². The molecule has 0 saturated carbocycles. The highest BCUT2D eigenvalue weighted by molar-refractivity contribution is 6.36. The molecule has 0 saturated heterocycles. The van der Waals surface area contributed by atoms with Gasteiger partial charge in [0, 0.05) is 21.7 Å². The Kier molecular flexibility index (Phi) is 5.41. The molecule has 0 amide bonds. The molecule has 0 spiro atoms. The summed E-state index contributed by atoms with van der Waals surface area (Å²) in [5, 5.41) is 11.5. The van der Waals surface area contributed by atoms with E-state index in [0.717, 1.165) is 6.07 Å². The summed E-state index contributed by atoms with van der Waals surface area (Å²) in [5.41, 5.74) is 0.203. The zero-order valence-corrected chi connectivity index (χ0v) is 13.4. The molecule has 120 valence electrons. The van der Waals surface area contributed by atoms with Crippen LogP contribution in [0.3, 0.4) is 0 Å². The molecule has 23 heavy (non-hydrogen) atoms. The lowest BCUT2D eigenvalue weighted by Crippen LogP contribution is -2.12. The Hall–Kier alpha value is -2.31. The van der Waals surface area contributed by atoms with Gasteiger partial charge in [-0.1, -0.05) is 29.3 Å². The first kappa shape index (κ1) is 17.1. The lowest BCUT2D eigenvalue weighted by molar-refractivity contribution is -0.384. The molecule has 0 bridgehead atoms. The molecule has 2 aromatic rings. The second-order valence-electron chi connectivity index (χ2n) is 4.44. The number of halogens is 2. The highest BCUT2D eigenvalue weighted by atomic mass is 35.5. The molecule has 8 heteroatoms. The Morgan fingerprint density at radius 3 is 2.39 bits per heavy atom. The van der Waals surface area contributed by atoms with E-state index in [-0.39, 0.29) is 23.6 Å². The quantitative estimate of drug-likeness (QED) is 0.349. The minimum atomic E-state index is -0.668.